The van der Waals surface area contributed by atoms with E-state index in [1.165, 1.54) is 96.3 Å². The van der Waals surface area contributed by atoms with Crippen LogP contribution in [-0.4, -0.2) is 24.4 Å². The number of carbonyl (C=O) groups excluding carboxylic acids is 2. The van der Waals surface area contributed by atoms with E-state index in [1.54, 1.807) is 0 Å². The van der Waals surface area contributed by atoms with Gasteiger partial charge in [0.05, 0.1) is 0 Å². The van der Waals surface area contributed by atoms with E-state index >= 15 is 0 Å². The molecule has 1 unspecified atom stereocenters. The van der Waals surface area contributed by atoms with Gasteiger partial charge in [0.25, 0.3) is 0 Å². The quantitative estimate of drug-likeness (QED) is 0.141. The summed E-state index contributed by atoms with van der Waals surface area (Å²) in [6.45, 7) is 9.20. The minimum atomic E-state index is -0.417. The molecule has 0 radical (unpaired) electrons. The third-order valence-electron chi connectivity index (χ3n) is 6.60. The van der Waals surface area contributed by atoms with Crippen molar-refractivity contribution in [2.24, 2.45) is 5.92 Å². The van der Waals surface area contributed by atoms with Crippen molar-refractivity contribution in [3.05, 3.63) is 0 Å². The van der Waals surface area contributed by atoms with E-state index in [0.29, 0.717) is 13.0 Å². The van der Waals surface area contributed by atoms with Gasteiger partial charge < -0.3 is 10.6 Å². The molecule has 0 aromatic heterocycles. The smallest absolute Gasteiger partial charge is 0.242 e. The number of rotatable bonds is 24. The summed E-state index contributed by atoms with van der Waals surface area (Å²) in [5, 5.41) is 6.00. The highest BCUT2D eigenvalue weighted by atomic mass is 16.2. The molecule has 0 spiro atoms. The van der Waals surface area contributed by atoms with Crippen LogP contribution in [0.25, 0.3) is 0 Å². The number of unbranched alkanes of at least 4 members (excludes halogenated alkanes) is 17. The van der Waals surface area contributed by atoms with Gasteiger partial charge in [-0.2, -0.15) is 0 Å². The van der Waals surface area contributed by atoms with Crippen molar-refractivity contribution in [3.8, 4) is 0 Å². The number of hydrogen-bond acceptors (Lipinski definition) is 2. The molecular weight excluding hydrogens is 408 g/mol. The molecule has 1 atom stereocenters. The van der Waals surface area contributed by atoms with Gasteiger partial charge >= 0.3 is 0 Å². The molecule has 2 amide bonds. The lowest BCUT2D eigenvalue weighted by atomic mass is 10.0. The second-order valence-electron chi connectivity index (χ2n) is 10.3. The third kappa shape index (κ3) is 21.2. The van der Waals surface area contributed by atoms with Crippen molar-refractivity contribution in [1.29, 1.82) is 0 Å². The minimum absolute atomic E-state index is 0.0199. The van der Waals surface area contributed by atoms with Crippen LogP contribution in [-0.2, 0) is 9.59 Å². The van der Waals surface area contributed by atoms with Crippen LogP contribution in [0.1, 0.15) is 156 Å². The zero-order chi connectivity index (χ0) is 24.6. The average Bonchev–Trinajstić information content (AvgIpc) is 2.79. The first kappa shape index (κ1) is 31.9. The maximum atomic E-state index is 12.5. The predicted octanol–water partition coefficient (Wildman–Crippen LogP) is 8.09. The topological polar surface area (TPSA) is 58.2 Å². The number of nitrogens with one attached hydrogen (secondary N) is 2. The second-order valence-corrected chi connectivity index (χ2v) is 10.3. The summed E-state index contributed by atoms with van der Waals surface area (Å²) < 4.78 is 0. The Balaban J connectivity index is 3.73. The molecule has 196 valence electrons. The minimum Gasteiger partial charge on any atom is -0.354 e. The van der Waals surface area contributed by atoms with Crippen LogP contribution in [0.5, 0.6) is 0 Å². The Morgan fingerprint density at radius 3 is 1.39 bits per heavy atom. The molecule has 4 heteroatoms. The van der Waals surface area contributed by atoms with Gasteiger partial charge in [-0.3, -0.25) is 9.59 Å². The fourth-order valence-electron chi connectivity index (χ4n) is 4.31. The highest BCUT2D eigenvalue weighted by molar-refractivity contribution is 5.87. The van der Waals surface area contributed by atoms with Crippen molar-refractivity contribution >= 4 is 11.8 Å². The van der Waals surface area contributed by atoms with Crippen LogP contribution in [0.2, 0.25) is 0 Å². The second kappa shape index (κ2) is 24.1. The van der Waals surface area contributed by atoms with E-state index in [2.05, 4.69) is 24.5 Å². The maximum absolute atomic E-state index is 12.5. The highest BCUT2D eigenvalue weighted by Crippen LogP contribution is 2.13. The molecule has 0 rings (SSSR count). The molecule has 0 bridgehead atoms. The molecule has 0 saturated carbocycles. The monoisotopic (exact) mass is 466 g/mol. The first-order valence-corrected chi connectivity index (χ1v) is 14.6. The fourth-order valence-corrected chi connectivity index (χ4v) is 4.31. The Bertz CT molecular complexity index is 451. The number of amides is 2. The van der Waals surface area contributed by atoms with Crippen LogP contribution < -0.4 is 10.6 Å². The van der Waals surface area contributed by atoms with E-state index in [1.807, 2.05) is 13.8 Å². The number of carbonyl (C=O) groups is 2. The third-order valence-corrected chi connectivity index (χ3v) is 6.60. The lowest BCUT2D eigenvalue weighted by Crippen LogP contribution is -2.49. The van der Waals surface area contributed by atoms with Crippen LogP contribution in [0.3, 0.4) is 0 Å². The first-order valence-electron chi connectivity index (χ1n) is 14.6. The van der Waals surface area contributed by atoms with Gasteiger partial charge in [-0.1, -0.05) is 137 Å². The van der Waals surface area contributed by atoms with E-state index in [9.17, 15) is 9.59 Å². The van der Waals surface area contributed by atoms with Gasteiger partial charge in [-0.15, -0.1) is 0 Å². The van der Waals surface area contributed by atoms with Gasteiger partial charge in [0.1, 0.15) is 6.04 Å². The summed E-state index contributed by atoms with van der Waals surface area (Å²) in [7, 11) is 0. The van der Waals surface area contributed by atoms with Crippen LogP contribution in [0.15, 0.2) is 0 Å². The van der Waals surface area contributed by atoms with Crippen LogP contribution >= 0.6 is 0 Å². The van der Waals surface area contributed by atoms with Gasteiger partial charge in [-0.25, -0.2) is 0 Å². The van der Waals surface area contributed by atoms with Crippen LogP contribution in [0, 0.1) is 5.92 Å². The Labute approximate surface area is 206 Å². The molecule has 0 saturated heterocycles. The molecule has 33 heavy (non-hydrogen) atoms. The summed E-state index contributed by atoms with van der Waals surface area (Å²) in [5.41, 5.74) is 0. The van der Waals surface area contributed by atoms with E-state index in [0.717, 1.165) is 25.7 Å². The standard InChI is InChI=1S/C29H58N2O2/c1-5-7-9-11-13-14-15-16-17-18-19-20-22-24-27(32)31-28(26(3)4)29(33)30-25-23-21-12-10-8-6-2/h26,28H,5-25H2,1-4H3,(H,30,33)(H,31,32). The van der Waals surface area contributed by atoms with Crippen molar-refractivity contribution in [1.82, 2.24) is 10.6 Å². The zero-order valence-corrected chi connectivity index (χ0v) is 22.8. The molecule has 0 aromatic rings. The van der Waals surface area contributed by atoms with Gasteiger partial charge in [-0.05, 0) is 18.8 Å². The summed E-state index contributed by atoms with van der Waals surface area (Å²) in [4.78, 5) is 24.9. The summed E-state index contributed by atoms with van der Waals surface area (Å²) >= 11 is 0. The maximum Gasteiger partial charge on any atom is 0.242 e. The molecule has 0 fully saturated rings. The molecule has 0 aromatic carbocycles. The van der Waals surface area contributed by atoms with E-state index in [4.69, 9.17) is 0 Å². The lowest BCUT2D eigenvalue weighted by Gasteiger charge is -2.21. The van der Waals surface area contributed by atoms with E-state index < -0.39 is 6.04 Å². The molecule has 4 nitrogen and oxygen atoms in total. The van der Waals surface area contributed by atoms with Crippen molar-refractivity contribution < 1.29 is 9.59 Å². The van der Waals surface area contributed by atoms with Crippen molar-refractivity contribution in [3.63, 3.8) is 0 Å². The molecule has 0 aliphatic carbocycles. The summed E-state index contributed by atoms with van der Waals surface area (Å²) in [6, 6.07) is -0.417. The molecule has 0 heterocycles. The Morgan fingerprint density at radius 1 is 0.576 bits per heavy atom. The van der Waals surface area contributed by atoms with Gasteiger partial charge in [0, 0.05) is 13.0 Å². The summed E-state index contributed by atoms with van der Waals surface area (Å²) in [6.07, 6.45) is 24.8. The normalized spacial score (nSPS) is 12.2. The van der Waals surface area contributed by atoms with E-state index in [-0.39, 0.29) is 17.7 Å². The SMILES string of the molecule is CCCCCCCCCCCCCCCC(=O)NC(C(=O)NCCCCCCCC)C(C)C. The zero-order valence-electron chi connectivity index (χ0n) is 22.8. The molecule has 0 aliphatic rings. The van der Waals surface area contributed by atoms with Crippen molar-refractivity contribution in [2.75, 3.05) is 6.54 Å². The Morgan fingerprint density at radius 2 is 0.970 bits per heavy atom. The van der Waals surface area contributed by atoms with Gasteiger partial charge in [0.15, 0.2) is 0 Å². The molecule has 0 aliphatic heterocycles. The largest absolute Gasteiger partial charge is 0.354 e. The first-order chi connectivity index (χ1) is 16.0. The lowest BCUT2D eigenvalue weighted by molar-refractivity contribution is -0.130. The van der Waals surface area contributed by atoms with Crippen molar-refractivity contribution in [2.45, 2.75) is 162 Å². The Kier molecular flexibility index (Phi) is 23.3. The fraction of sp³-hybridized carbons (Fsp3) is 0.931. The predicted molar refractivity (Wildman–Crippen MR) is 143 cm³/mol. The van der Waals surface area contributed by atoms with Gasteiger partial charge in [0.2, 0.25) is 11.8 Å². The number of hydrogen-bond donors (Lipinski definition) is 2. The average molecular weight is 467 g/mol. The summed E-state index contributed by atoms with van der Waals surface area (Å²) in [5.74, 6) is 0.0916. The highest BCUT2D eigenvalue weighted by Gasteiger charge is 2.23. The van der Waals surface area contributed by atoms with Crippen LogP contribution in [0.4, 0.5) is 0 Å². The molecular formula is C29H58N2O2. The molecule has 2 N–H and O–H groups in total. The Hall–Kier alpha value is -1.06.